The van der Waals surface area contributed by atoms with Crippen LogP contribution in [0.4, 0.5) is 10.3 Å². The van der Waals surface area contributed by atoms with E-state index in [0.717, 1.165) is 11.1 Å². The van der Waals surface area contributed by atoms with Crippen LogP contribution in [0.5, 0.6) is 0 Å². The lowest BCUT2D eigenvalue weighted by atomic mass is 10.1. The molecule has 0 radical (unpaired) electrons. The molecule has 40 heavy (non-hydrogen) atoms. The number of aromatic nitrogens is 5. The lowest BCUT2D eigenvalue weighted by Gasteiger charge is -2.28. The van der Waals surface area contributed by atoms with Crippen molar-refractivity contribution in [3.05, 3.63) is 78.3 Å². The fourth-order valence-electron chi connectivity index (χ4n) is 4.18. The van der Waals surface area contributed by atoms with Crippen LogP contribution < -0.4 is 10.6 Å². The summed E-state index contributed by atoms with van der Waals surface area (Å²) in [6.07, 6.45) is 4.87. The van der Waals surface area contributed by atoms with Crippen LogP contribution in [0.25, 0.3) is 22.6 Å². The number of carbonyl (C=O) groups is 1. The summed E-state index contributed by atoms with van der Waals surface area (Å²) < 4.78 is 30.3. The Morgan fingerprint density at radius 3 is 2.60 bits per heavy atom. The molecule has 11 nitrogen and oxygen atoms in total. The zero-order valence-electron chi connectivity index (χ0n) is 22.0. The second kappa shape index (κ2) is 13.2. The van der Waals surface area contributed by atoms with Crippen LogP contribution in [0.15, 0.2) is 61.1 Å². The molecule has 208 valence electrons. The van der Waals surface area contributed by atoms with Crippen LogP contribution in [0, 0.1) is 11.7 Å². The van der Waals surface area contributed by atoms with Gasteiger partial charge in [0.25, 0.3) is 0 Å². The molecule has 5 rings (SSSR count). The molecule has 1 saturated heterocycles. The number of rotatable bonds is 11. The van der Waals surface area contributed by atoms with Gasteiger partial charge in [0.05, 0.1) is 49.2 Å². The summed E-state index contributed by atoms with van der Waals surface area (Å²) in [5.41, 5.74) is 3.65. The number of carbonyl (C=O) groups excluding carboxylic acids is 1. The molecule has 3 aromatic heterocycles. The second-order valence-corrected chi connectivity index (χ2v) is 9.17. The maximum atomic E-state index is 13.7. The first-order valence-electron chi connectivity index (χ1n) is 12.9. The minimum absolute atomic E-state index is 0.133. The van der Waals surface area contributed by atoms with Gasteiger partial charge >= 0.3 is 0 Å². The van der Waals surface area contributed by atoms with E-state index in [1.807, 2.05) is 12.1 Å². The highest BCUT2D eigenvalue weighted by Gasteiger charge is 2.29. The molecular formula is C28H30FN7O4. The molecule has 0 bridgehead atoms. The minimum Gasteiger partial charge on any atom is -0.383 e. The minimum atomic E-state index is -0.578. The van der Waals surface area contributed by atoms with E-state index in [9.17, 15) is 9.18 Å². The average Bonchev–Trinajstić information content (AvgIpc) is 3.41. The molecule has 1 aliphatic heterocycles. The molecule has 1 aromatic carbocycles. The number of aromatic amines is 1. The molecule has 3 N–H and O–H groups in total. The van der Waals surface area contributed by atoms with Crippen LogP contribution in [0.3, 0.4) is 0 Å². The smallest absolute Gasteiger partial charge is 0.227 e. The molecule has 4 heterocycles. The highest BCUT2D eigenvalue weighted by Crippen LogP contribution is 2.30. The van der Waals surface area contributed by atoms with Crippen molar-refractivity contribution in [3.63, 3.8) is 0 Å². The van der Waals surface area contributed by atoms with Gasteiger partial charge in [-0.05, 0) is 48.0 Å². The van der Waals surface area contributed by atoms with E-state index in [-0.39, 0.29) is 24.9 Å². The number of imidazole rings is 1. The predicted octanol–water partition coefficient (Wildman–Crippen LogP) is 2.97. The maximum absolute atomic E-state index is 13.7. The van der Waals surface area contributed by atoms with Gasteiger partial charge in [-0.15, -0.1) is 0 Å². The van der Waals surface area contributed by atoms with Gasteiger partial charge in [-0.1, -0.05) is 0 Å². The Kier molecular flexibility index (Phi) is 9.01. The van der Waals surface area contributed by atoms with E-state index < -0.39 is 12.2 Å². The summed E-state index contributed by atoms with van der Waals surface area (Å²) in [6, 6.07) is 11.7. The Bertz CT molecular complexity index is 1390. The van der Waals surface area contributed by atoms with E-state index in [1.165, 1.54) is 12.1 Å². The number of hydrogen-bond acceptors (Lipinski definition) is 9. The van der Waals surface area contributed by atoms with Gasteiger partial charge in [0.1, 0.15) is 11.6 Å². The van der Waals surface area contributed by atoms with Crippen LogP contribution in [0.2, 0.25) is 0 Å². The quantitative estimate of drug-likeness (QED) is 0.242. The number of pyridine rings is 1. The topological polar surface area (TPSA) is 136 Å². The summed E-state index contributed by atoms with van der Waals surface area (Å²) in [6.45, 7) is 1.88. The van der Waals surface area contributed by atoms with Crippen molar-refractivity contribution >= 4 is 11.9 Å². The van der Waals surface area contributed by atoms with E-state index >= 15 is 0 Å². The first kappa shape index (κ1) is 27.3. The fourth-order valence-corrected chi connectivity index (χ4v) is 4.18. The summed E-state index contributed by atoms with van der Waals surface area (Å²) in [4.78, 5) is 33.5. The zero-order valence-corrected chi connectivity index (χ0v) is 22.0. The number of ether oxygens (including phenoxy) is 3. The number of nitrogens with zero attached hydrogens (tertiary/aromatic N) is 4. The van der Waals surface area contributed by atoms with Gasteiger partial charge in [-0.3, -0.25) is 9.78 Å². The van der Waals surface area contributed by atoms with Crippen LogP contribution in [0.1, 0.15) is 11.4 Å². The fraction of sp³-hybridized carbons (Fsp3) is 0.321. The zero-order chi connectivity index (χ0) is 27.7. The lowest BCUT2D eigenvalue weighted by molar-refractivity contribution is -0.200. The van der Waals surface area contributed by atoms with Crippen molar-refractivity contribution in [2.75, 3.05) is 38.8 Å². The summed E-state index contributed by atoms with van der Waals surface area (Å²) in [5.74, 6) is 0.188. The molecule has 0 atom stereocenters. The summed E-state index contributed by atoms with van der Waals surface area (Å²) in [5, 5.41) is 6.03. The number of H-pyrrole nitrogens is 1. The third kappa shape index (κ3) is 7.03. The molecule has 0 saturated carbocycles. The summed E-state index contributed by atoms with van der Waals surface area (Å²) in [7, 11) is 1.58. The van der Waals surface area contributed by atoms with Gasteiger partial charge in [0.15, 0.2) is 6.29 Å². The lowest BCUT2D eigenvalue weighted by Crippen LogP contribution is -2.43. The van der Waals surface area contributed by atoms with Crippen molar-refractivity contribution in [1.29, 1.82) is 0 Å². The van der Waals surface area contributed by atoms with E-state index in [2.05, 4.69) is 30.6 Å². The number of benzene rings is 1. The Labute approximate surface area is 230 Å². The van der Waals surface area contributed by atoms with Crippen LogP contribution in [-0.4, -0.2) is 70.6 Å². The van der Waals surface area contributed by atoms with Crippen molar-refractivity contribution < 1.29 is 23.4 Å². The summed E-state index contributed by atoms with van der Waals surface area (Å²) >= 11 is 0. The number of methoxy groups -OCH3 is 1. The van der Waals surface area contributed by atoms with Crippen LogP contribution in [-0.2, 0) is 32.0 Å². The number of amides is 1. The molecule has 1 fully saturated rings. The average molecular weight is 548 g/mol. The monoisotopic (exact) mass is 547 g/mol. The van der Waals surface area contributed by atoms with E-state index in [0.29, 0.717) is 55.0 Å². The van der Waals surface area contributed by atoms with Crippen molar-refractivity contribution in [3.8, 4) is 22.6 Å². The SMILES string of the molecule is COCCNC(=O)C1COC(Cc2nc(-c3ccc(F)cc3)c(-c3ccnc(NCc4ccncc4)n3)[nH]2)OC1. The Hall–Kier alpha value is -4.26. The first-order chi connectivity index (χ1) is 19.6. The van der Waals surface area contributed by atoms with Crippen molar-refractivity contribution in [1.82, 2.24) is 30.2 Å². The normalized spacial score (nSPS) is 16.9. The third-order valence-electron chi connectivity index (χ3n) is 6.29. The maximum Gasteiger partial charge on any atom is 0.227 e. The van der Waals surface area contributed by atoms with Gasteiger partial charge in [0, 0.05) is 44.4 Å². The molecule has 1 amide bonds. The largest absolute Gasteiger partial charge is 0.383 e. The number of anilines is 1. The molecular weight excluding hydrogens is 517 g/mol. The Morgan fingerprint density at radius 2 is 1.85 bits per heavy atom. The van der Waals surface area contributed by atoms with Gasteiger partial charge < -0.3 is 29.8 Å². The molecule has 1 aliphatic rings. The van der Waals surface area contributed by atoms with E-state index in [1.54, 1.807) is 43.9 Å². The molecule has 0 unspecified atom stereocenters. The number of nitrogens with one attached hydrogen (secondary N) is 3. The number of hydrogen-bond donors (Lipinski definition) is 3. The molecule has 0 spiro atoms. The predicted molar refractivity (Wildman–Crippen MR) is 144 cm³/mol. The molecule has 0 aliphatic carbocycles. The van der Waals surface area contributed by atoms with Gasteiger partial charge in [-0.2, -0.15) is 0 Å². The standard InChI is InChI=1S/C28H30FN7O4/c1-38-13-12-31-27(37)20-16-39-24(40-17-20)14-23-35-25(19-2-4-21(29)5-3-19)26(36-23)22-8-11-32-28(34-22)33-15-18-6-9-30-10-7-18/h2-11,20,24H,12-17H2,1H3,(H,31,37)(H,35,36)(H,32,33,34). The van der Waals surface area contributed by atoms with Crippen LogP contribution >= 0.6 is 0 Å². The highest BCUT2D eigenvalue weighted by molar-refractivity contribution is 5.79. The highest BCUT2D eigenvalue weighted by atomic mass is 19.1. The first-order valence-corrected chi connectivity index (χ1v) is 12.9. The second-order valence-electron chi connectivity index (χ2n) is 9.17. The third-order valence-corrected chi connectivity index (χ3v) is 6.29. The van der Waals surface area contributed by atoms with E-state index in [4.69, 9.17) is 19.2 Å². The van der Waals surface area contributed by atoms with Crippen molar-refractivity contribution in [2.24, 2.45) is 5.92 Å². The number of halogens is 1. The van der Waals surface area contributed by atoms with Crippen molar-refractivity contribution in [2.45, 2.75) is 19.3 Å². The molecule has 12 heteroatoms. The Balaban J connectivity index is 1.31. The Morgan fingerprint density at radius 1 is 1.07 bits per heavy atom. The van der Waals surface area contributed by atoms with Gasteiger partial charge in [0.2, 0.25) is 11.9 Å². The molecule has 4 aromatic rings. The van der Waals surface area contributed by atoms with Gasteiger partial charge in [-0.25, -0.2) is 19.3 Å².